The lowest BCUT2D eigenvalue weighted by molar-refractivity contribution is 0.0696. The Labute approximate surface area is 175 Å². The van der Waals surface area contributed by atoms with Crippen LogP contribution < -0.4 is 10.0 Å². The van der Waals surface area contributed by atoms with Gasteiger partial charge in [0.05, 0.1) is 5.56 Å². The van der Waals surface area contributed by atoms with Crippen molar-refractivity contribution in [2.45, 2.75) is 4.90 Å². The first-order valence-corrected chi connectivity index (χ1v) is 10.6. The molecular formula is C20H15BrN2O5S. The highest BCUT2D eigenvalue weighted by Crippen LogP contribution is 2.26. The molecular weight excluding hydrogens is 460 g/mol. The van der Waals surface area contributed by atoms with E-state index in [1.807, 2.05) is 6.07 Å². The molecule has 0 atom stereocenters. The number of carboxylic acids is 1. The van der Waals surface area contributed by atoms with Gasteiger partial charge in [-0.1, -0.05) is 18.2 Å². The summed E-state index contributed by atoms with van der Waals surface area (Å²) in [4.78, 5) is 23.3. The van der Waals surface area contributed by atoms with Crippen molar-refractivity contribution >= 4 is 49.2 Å². The van der Waals surface area contributed by atoms with Crippen molar-refractivity contribution in [3.8, 4) is 0 Å². The minimum atomic E-state index is -4.03. The number of aromatic carboxylic acids is 1. The van der Waals surface area contributed by atoms with Gasteiger partial charge in [0.25, 0.3) is 15.9 Å². The fourth-order valence-corrected chi connectivity index (χ4v) is 4.52. The van der Waals surface area contributed by atoms with Crippen LogP contribution in [0.5, 0.6) is 0 Å². The molecule has 0 saturated carbocycles. The summed E-state index contributed by atoms with van der Waals surface area (Å²) >= 11 is 3.20. The van der Waals surface area contributed by atoms with E-state index in [-0.39, 0.29) is 26.2 Å². The third-order valence-corrected chi connectivity index (χ3v) is 6.27. The second-order valence-corrected chi connectivity index (χ2v) is 8.46. The van der Waals surface area contributed by atoms with E-state index < -0.39 is 21.9 Å². The second-order valence-electron chi connectivity index (χ2n) is 5.95. The van der Waals surface area contributed by atoms with Gasteiger partial charge in [-0.05, 0) is 70.5 Å². The molecule has 0 aliphatic carbocycles. The fraction of sp³-hybridized carbons (Fsp3) is 0. The molecule has 0 radical (unpaired) electrons. The largest absolute Gasteiger partial charge is 0.478 e. The molecule has 3 aromatic rings. The van der Waals surface area contributed by atoms with Crippen LogP contribution in [0.2, 0.25) is 0 Å². The molecule has 148 valence electrons. The summed E-state index contributed by atoms with van der Waals surface area (Å²) in [5.74, 6) is -1.56. The quantitative estimate of drug-likeness (QED) is 0.495. The Morgan fingerprint density at radius 1 is 0.828 bits per heavy atom. The Balaban J connectivity index is 1.86. The number of anilines is 2. The predicted octanol–water partition coefficient (Wildman–Crippen LogP) is 4.20. The molecule has 29 heavy (non-hydrogen) atoms. The lowest BCUT2D eigenvalue weighted by atomic mass is 10.2. The Kier molecular flexibility index (Phi) is 6.00. The topological polar surface area (TPSA) is 113 Å². The summed E-state index contributed by atoms with van der Waals surface area (Å²) in [6.07, 6.45) is 0. The van der Waals surface area contributed by atoms with E-state index in [2.05, 4.69) is 26.0 Å². The van der Waals surface area contributed by atoms with Gasteiger partial charge >= 0.3 is 5.97 Å². The molecule has 3 N–H and O–H groups in total. The number of sulfonamides is 1. The maximum Gasteiger partial charge on any atom is 0.335 e. The first-order chi connectivity index (χ1) is 13.8. The van der Waals surface area contributed by atoms with Gasteiger partial charge in [-0.15, -0.1) is 0 Å². The van der Waals surface area contributed by atoms with Crippen LogP contribution >= 0.6 is 15.9 Å². The van der Waals surface area contributed by atoms with E-state index in [9.17, 15) is 18.0 Å². The fourth-order valence-electron chi connectivity index (χ4n) is 2.47. The van der Waals surface area contributed by atoms with E-state index in [4.69, 9.17) is 5.11 Å². The van der Waals surface area contributed by atoms with E-state index in [0.29, 0.717) is 5.69 Å². The van der Waals surface area contributed by atoms with Gasteiger partial charge in [0.2, 0.25) is 0 Å². The number of nitrogens with one attached hydrogen (secondary N) is 2. The summed E-state index contributed by atoms with van der Waals surface area (Å²) < 4.78 is 28.2. The van der Waals surface area contributed by atoms with E-state index in [1.165, 1.54) is 42.5 Å². The van der Waals surface area contributed by atoms with Crippen molar-refractivity contribution in [2.24, 2.45) is 0 Å². The molecule has 0 aromatic heterocycles. The summed E-state index contributed by atoms with van der Waals surface area (Å²) in [6, 6.07) is 18.3. The number of halogens is 1. The number of hydrogen-bond acceptors (Lipinski definition) is 4. The molecule has 0 bridgehead atoms. The van der Waals surface area contributed by atoms with Crippen LogP contribution in [0.4, 0.5) is 11.4 Å². The Morgan fingerprint density at radius 3 is 2.07 bits per heavy atom. The first-order valence-electron chi connectivity index (χ1n) is 8.28. The average molecular weight is 475 g/mol. The normalized spacial score (nSPS) is 10.9. The van der Waals surface area contributed by atoms with Crippen molar-refractivity contribution in [1.29, 1.82) is 0 Å². The third-order valence-electron chi connectivity index (χ3n) is 3.90. The average Bonchev–Trinajstić information content (AvgIpc) is 2.69. The molecule has 1 amide bonds. The predicted molar refractivity (Wildman–Crippen MR) is 113 cm³/mol. The van der Waals surface area contributed by atoms with E-state index in [1.54, 1.807) is 24.3 Å². The summed E-state index contributed by atoms with van der Waals surface area (Å²) in [5, 5.41) is 11.6. The second kappa shape index (κ2) is 8.46. The van der Waals surface area contributed by atoms with Gasteiger partial charge in [-0.3, -0.25) is 9.52 Å². The highest BCUT2D eigenvalue weighted by molar-refractivity contribution is 9.10. The third kappa shape index (κ3) is 5.01. The number of rotatable bonds is 6. The Hall–Kier alpha value is -3.17. The van der Waals surface area contributed by atoms with Gasteiger partial charge in [0.1, 0.15) is 4.90 Å². The van der Waals surface area contributed by atoms with Crippen molar-refractivity contribution in [3.63, 3.8) is 0 Å². The summed E-state index contributed by atoms with van der Waals surface area (Å²) in [5.41, 5.74) is 0.981. The minimum absolute atomic E-state index is 0.0358. The number of benzene rings is 3. The molecule has 9 heteroatoms. The van der Waals surface area contributed by atoms with Crippen LogP contribution in [0.25, 0.3) is 0 Å². The molecule has 3 aromatic carbocycles. The lowest BCUT2D eigenvalue weighted by Gasteiger charge is -2.12. The van der Waals surface area contributed by atoms with Crippen LogP contribution in [0.15, 0.2) is 82.2 Å². The molecule has 0 unspecified atom stereocenters. The maximum absolute atomic E-state index is 12.8. The van der Waals surface area contributed by atoms with Crippen LogP contribution in [-0.2, 0) is 10.0 Å². The number of carbonyl (C=O) groups is 2. The molecule has 0 aliphatic heterocycles. The molecule has 0 saturated heterocycles. The van der Waals surface area contributed by atoms with Crippen LogP contribution in [-0.4, -0.2) is 25.4 Å². The number of amides is 1. The van der Waals surface area contributed by atoms with Crippen molar-refractivity contribution in [3.05, 3.63) is 88.4 Å². The molecule has 0 heterocycles. The monoisotopic (exact) mass is 474 g/mol. The van der Waals surface area contributed by atoms with E-state index in [0.717, 1.165) is 0 Å². The zero-order chi connectivity index (χ0) is 21.0. The number of carbonyl (C=O) groups excluding carboxylic acids is 1. The molecule has 7 nitrogen and oxygen atoms in total. The Morgan fingerprint density at radius 2 is 1.45 bits per heavy atom. The van der Waals surface area contributed by atoms with Crippen LogP contribution in [0.3, 0.4) is 0 Å². The maximum atomic E-state index is 12.8. The lowest BCUT2D eigenvalue weighted by Crippen LogP contribution is -2.16. The summed E-state index contributed by atoms with van der Waals surface area (Å²) in [6.45, 7) is 0. The zero-order valence-electron chi connectivity index (χ0n) is 14.8. The van der Waals surface area contributed by atoms with Crippen molar-refractivity contribution in [1.82, 2.24) is 0 Å². The van der Waals surface area contributed by atoms with Gasteiger partial charge in [0, 0.05) is 21.4 Å². The highest BCUT2D eigenvalue weighted by atomic mass is 79.9. The van der Waals surface area contributed by atoms with Gasteiger partial charge in [-0.25, -0.2) is 13.2 Å². The zero-order valence-corrected chi connectivity index (χ0v) is 17.2. The summed E-state index contributed by atoms with van der Waals surface area (Å²) in [7, 11) is -4.03. The standard InChI is InChI=1S/C20H15BrN2O5S/c21-17-11-8-14(19(24)22-15-4-2-1-3-5-15)12-18(17)29(27,28)23-16-9-6-13(7-10-16)20(25)26/h1-12,23H,(H,22,24)(H,25,26). The number of para-hydroxylation sites is 1. The van der Waals surface area contributed by atoms with Crippen molar-refractivity contribution in [2.75, 3.05) is 10.0 Å². The van der Waals surface area contributed by atoms with Gasteiger partial charge in [-0.2, -0.15) is 0 Å². The smallest absolute Gasteiger partial charge is 0.335 e. The van der Waals surface area contributed by atoms with E-state index >= 15 is 0 Å². The number of hydrogen-bond donors (Lipinski definition) is 3. The van der Waals surface area contributed by atoms with Crippen molar-refractivity contribution < 1.29 is 23.1 Å². The molecule has 0 fully saturated rings. The Bertz CT molecular complexity index is 1160. The first kappa shape index (κ1) is 20.6. The molecule has 3 rings (SSSR count). The van der Waals surface area contributed by atoms with Crippen LogP contribution in [0.1, 0.15) is 20.7 Å². The van der Waals surface area contributed by atoms with Gasteiger partial charge in [0.15, 0.2) is 0 Å². The number of carboxylic acid groups (broad SMARTS) is 1. The molecule has 0 spiro atoms. The van der Waals surface area contributed by atoms with Crippen LogP contribution in [0, 0.1) is 0 Å². The highest BCUT2D eigenvalue weighted by Gasteiger charge is 2.20. The molecule has 0 aliphatic rings. The SMILES string of the molecule is O=C(O)c1ccc(NS(=O)(=O)c2cc(C(=O)Nc3ccccc3)ccc2Br)cc1. The van der Waals surface area contributed by atoms with Gasteiger partial charge < -0.3 is 10.4 Å². The minimum Gasteiger partial charge on any atom is -0.478 e.